The maximum atomic E-state index is 13.6. The molecule has 0 saturated heterocycles. The van der Waals surface area contributed by atoms with Gasteiger partial charge in [0.05, 0.1) is 5.52 Å². The van der Waals surface area contributed by atoms with Crippen LogP contribution in [0.4, 0.5) is 4.39 Å². The minimum Gasteiger partial charge on any atom is -0.438 e. The van der Waals surface area contributed by atoms with Crippen molar-refractivity contribution in [1.82, 2.24) is 9.97 Å². The number of hydrogen-bond acceptors (Lipinski definition) is 3. The van der Waals surface area contributed by atoms with Gasteiger partial charge in [-0.1, -0.05) is 0 Å². The van der Waals surface area contributed by atoms with Crippen molar-refractivity contribution in [2.24, 2.45) is 0 Å². The largest absolute Gasteiger partial charge is 0.438 e. The van der Waals surface area contributed by atoms with Crippen molar-refractivity contribution >= 4 is 28.3 Å². The Morgan fingerprint density at radius 2 is 2.38 bits per heavy atom. The van der Waals surface area contributed by atoms with Gasteiger partial charge < -0.3 is 9.40 Å². The predicted molar refractivity (Wildman–Crippen MR) is 55.9 cm³/mol. The topological polar surface area (TPSA) is 58.9 Å². The fourth-order valence-electron chi connectivity index (χ4n) is 1.88. The molecule has 0 aliphatic carbocycles. The third kappa shape index (κ3) is 1.02. The number of aromatic nitrogens is 2. The first-order chi connectivity index (χ1) is 7.70. The van der Waals surface area contributed by atoms with Gasteiger partial charge in [-0.2, -0.15) is 0 Å². The van der Waals surface area contributed by atoms with Gasteiger partial charge in [-0.15, -0.1) is 0 Å². The lowest BCUT2D eigenvalue weighted by molar-refractivity contribution is 0.112. The molecular weight excluding hydrogens is 211 g/mol. The lowest BCUT2D eigenvalue weighted by atomic mass is 10.1. The number of carbonyl (C=O) groups is 1. The number of aldehydes is 1. The van der Waals surface area contributed by atoms with E-state index in [1.807, 2.05) is 0 Å². The molecule has 0 spiro atoms. The van der Waals surface area contributed by atoms with Gasteiger partial charge in [0.15, 0.2) is 23.6 Å². The van der Waals surface area contributed by atoms with E-state index in [1.165, 1.54) is 12.3 Å². The lowest BCUT2D eigenvalue weighted by Crippen LogP contribution is -1.81. The first-order valence-electron chi connectivity index (χ1n) is 4.72. The summed E-state index contributed by atoms with van der Waals surface area (Å²) in [6.07, 6.45) is 2.24. The van der Waals surface area contributed by atoms with E-state index in [-0.39, 0.29) is 5.58 Å². The number of aryl methyl sites for hydroxylation is 1. The maximum absolute atomic E-state index is 13.6. The number of nitrogens with zero attached hydrogens (tertiary/aromatic N) is 1. The first kappa shape index (κ1) is 9.08. The van der Waals surface area contributed by atoms with Crippen LogP contribution in [-0.4, -0.2) is 16.3 Å². The minimum absolute atomic E-state index is 0.0905. The molecule has 1 aromatic carbocycles. The average Bonchev–Trinajstić information content (AvgIpc) is 2.80. The molecule has 0 aliphatic rings. The summed E-state index contributed by atoms with van der Waals surface area (Å²) in [5, 5.41) is 0.600. The van der Waals surface area contributed by atoms with Crippen molar-refractivity contribution in [3.05, 3.63) is 29.5 Å². The number of benzene rings is 1. The van der Waals surface area contributed by atoms with Crippen LogP contribution in [0.1, 0.15) is 16.2 Å². The van der Waals surface area contributed by atoms with Crippen LogP contribution >= 0.6 is 0 Å². The molecule has 5 heteroatoms. The van der Waals surface area contributed by atoms with Gasteiger partial charge in [-0.3, -0.25) is 4.79 Å². The Bertz CT molecular complexity index is 711. The maximum Gasteiger partial charge on any atom is 0.192 e. The van der Waals surface area contributed by atoms with Gasteiger partial charge in [-0.05, 0) is 0 Å². The zero-order valence-electron chi connectivity index (χ0n) is 8.37. The van der Waals surface area contributed by atoms with Crippen LogP contribution in [0.5, 0.6) is 0 Å². The Labute approximate surface area is 89.1 Å². The molecule has 2 aromatic heterocycles. The summed E-state index contributed by atoms with van der Waals surface area (Å²) in [4.78, 5) is 17.8. The molecule has 80 valence electrons. The van der Waals surface area contributed by atoms with Crippen LogP contribution in [0.15, 0.2) is 16.7 Å². The summed E-state index contributed by atoms with van der Waals surface area (Å²) in [6.45, 7) is 1.64. The molecular formula is C11H7FN2O2. The third-order valence-corrected chi connectivity index (χ3v) is 2.53. The van der Waals surface area contributed by atoms with Gasteiger partial charge in [0.1, 0.15) is 5.52 Å². The van der Waals surface area contributed by atoms with E-state index in [4.69, 9.17) is 4.42 Å². The summed E-state index contributed by atoms with van der Waals surface area (Å²) in [5.41, 5.74) is 1.47. The van der Waals surface area contributed by atoms with Crippen molar-refractivity contribution in [3.63, 3.8) is 0 Å². The summed E-state index contributed by atoms with van der Waals surface area (Å²) in [7, 11) is 0. The van der Waals surface area contributed by atoms with E-state index in [0.717, 1.165) is 0 Å². The Morgan fingerprint density at radius 3 is 3.12 bits per heavy atom. The summed E-state index contributed by atoms with van der Waals surface area (Å²) in [5.74, 6) is -0.109. The summed E-state index contributed by atoms with van der Waals surface area (Å²) < 4.78 is 18.8. The van der Waals surface area contributed by atoms with Gasteiger partial charge in [0.25, 0.3) is 0 Å². The van der Waals surface area contributed by atoms with Crippen molar-refractivity contribution in [2.75, 3.05) is 0 Å². The van der Waals surface area contributed by atoms with Gasteiger partial charge in [0, 0.05) is 30.1 Å². The highest BCUT2D eigenvalue weighted by Gasteiger charge is 2.16. The van der Waals surface area contributed by atoms with Crippen LogP contribution in [0, 0.1) is 12.7 Å². The lowest BCUT2D eigenvalue weighted by Gasteiger charge is -1.93. The van der Waals surface area contributed by atoms with Crippen LogP contribution in [0.2, 0.25) is 0 Å². The second kappa shape index (κ2) is 2.91. The summed E-state index contributed by atoms with van der Waals surface area (Å²) >= 11 is 0. The molecule has 0 unspecified atom stereocenters. The Morgan fingerprint density at radius 1 is 1.56 bits per heavy atom. The molecule has 0 amide bonds. The Hall–Kier alpha value is -2.17. The van der Waals surface area contributed by atoms with E-state index >= 15 is 0 Å². The number of nitrogens with one attached hydrogen (secondary N) is 1. The average molecular weight is 218 g/mol. The first-order valence-corrected chi connectivity index (χ1v) is 4.72. The molecule has 0 saturated carbocycles. The zero-order chi connectivity index (χ0) is 11.3. The van der Waals surface area contributed by atoms with Crippen LogP contribution in [0.3, 0.4) is 0 Å². The van der Waals surface area contributed by atoms with Crippen molar-refractivity contribution in [3.8, 4) is 0 Å². The smallest absolute Gasteiger partial charge is 0.192 e. The number of rotatable bonds is 1. The molecule has 3 aromatic rings. The van der Waals surface area contributed by atoms with E-state index in [1.54, 1.807) is 6.92 Å². The highest BCUT2D eigenvalue weighted by Crippen LogP contribution is 2.29. The molecule has 16 heavy (non-hydrogen) atoms. The molecule has 0 radical (unpaired) electrons. The number of carbonyl (C=O) groups excluding carboxylic acids is 1. The molecule has 0 bridgehead atoms. The molecule has 3 rings (SSSR count). The van der Waals surface area contributed by atoms with Crippen LogP contribution in [-0.2, 0) is 0 Å². The molecule has 4 nitrogen and oxygen atoms in total. The molecule has 0 aliphatic heterocycles. The van der Waals surface area contributed by atoms with Gasteiger partial charge in [0.2, 0.25) is 0 Å². The molecule has 1 N–H and O–H groups in total. The molecule has 0 fully saturated rings. The van der Waals surface area contributed by atoms with Crippen molar-refractivity contribution < 1.29 is 13.6 Å². The number of aromatic amines is 1. The minimum atomic E-state index is -0.484. The molecule has 2 heterocycles. The standard InChI is InChI=1S/C11H7FN2O2/c1-5-14-10-9-6(4-15)3-13-8(9)2-7(12)11(10)16-5/h2-4,13H,1H3. The van der Waals surface area contributed by atoms with E-state index in [9.17, 15) is 9.18 Å². The number of fused-ring (bicyclic) bond motifs is 3. The number of H-pyrrole nitrogens is 1. The number of hydrogen-bond donors (Lipinski definition) is 1. The highest BCUT2D eigenvalue weighted by atomic mass is 19.1. The van der Waals surface area contributed by atoms with Crippen molar-refractivity contribution in [2.45, 2.75) is 6.92 Å². The molecule has 0 atom stereocenters. The predicted octanol–water partition coefficient (Wildman–Crippen LogP) is 2.57. The second-order valence-corrected chi connectivity index (χ2v) is 3.55. The monoisotopic (exact) mass is 218 g/mol. The highest BCUT2D eigenvalue weighted by molar-refractivity contribution is 6.10. The zero-order valence-corrected chi connectivity index (χ0v) is 8.37. The number of oxazole rings is 1. The SMILES string of the molecule is Cc1nc2c(o1)c(F)cc1[nH]cc(C=O)c12. The van der Waals surface area contributed by atoms with Crippen LogP contribution in [0.25, 0.3) is 22.0 Å². The fraction of sp³-hybridized carbons (Fsp3) is 0.0909. The fourth-order valence-corrected chi connectivity index (χ4v) is 1.88. The summed E-state index contributed by atoms with van der Waals surface area (Å²) in [6, 6.07) is 1.30. The normalized spacial score (nSPS) is 11.4. The quantitative estimate of drug-likeness (QED) is 0.638. The third-order valence-electron chi connectivity index (χ3n) is 2.53. The van der Waals surface area contributed by atoms with Crippen LogP contribution < -0.4 is 0 Å². The van der Waals surface area contributed by atoms with E-state index in [0.29, 0.717) is 34.2 Å². The van der Waals surface area contributed by atoms with E-state index in [2.05, 4.69) is 9.97 Å². The second-order valence-electron chi connectivity index (χ2n) is 3.55. The van der Waals surface area contributed by atoms with Gasteiger partial charge >= 0.3 is 0 Å². The number of halogens is 1. The van der Waals surface area contributed by atoms with E-state index < -0.39 is 5.82 Å². The van der Waals surface area contributed by atoms with Crippen molar-refractivity contribution in [1.29, 1.82) is 0 Å². The van der Waals surface area contributed by atoms with Gasteiger partial charge in [-0.25, -0.2) is 9.37 Å². The Kier molecular flexibility index (Phi) is 1.65. The Balaban J connectivity index is 2.63.